The number of carboxylic acids is 1. The zero-order valence-electron chi connectivity index (χ0n) is 10.7. The first kappa shape index (κ1) is 15.9. The largest absolute Gasteiger partial charge is 0.481 e. The molecule has 5 nitrogen and oxygen atoms in total. The van der Waals surface area contributed by atoms with Gasteiger partial charge in [0.2, 0.25) is 5.91 Å². The molecule has 0 aromatic rings. The fourth-order valence-electron chi connectivity index (χ4n) is 1.42. The summed E-state index contributed by atoms with van der Waals surface area (Å²) in [6.45, 7) is 4.53. The van der Waals surface area contributed by atoms with Gasteiger partial charge in [0.15, 0.2) is 0 Å². The molecule has 2 atom stereocenters. The van der Waals surface area contributed by atoms with Crippen molar-refractivity contribution in [1.29, 1.82) is 0 Å². The van der Waals surface area contributed by atoms with E-state index in [-0.39, 0.29) is 18.2 Å². The van der Waals surface area contributed by atoms with Crippen molar-refractivity contribution in [2.75, 3.05) is 6.54 Å². The van der Waals surface area contributed by atoms with Gasteiger partial charge in [0, 0.05) is 13.0 Å². The fraction of sp³-hybridized carbons (Fsp3) is 0.833. The Morgan fingerprint density at radius 2 is 1.94 bits per heavy atom. The second kappa shape index (κ2) is 8.98. The Kier molecular flexibility index (Phi) is 8.40. The molecule has 4 N–H and O–H groups in total. The Morgan fingerprint density at radius 1 is 1.29 bits per heavy atom. The van der Waals surface area contributed by atoms with Crippen LogP contribution in [-0.2, 0) is 9.59 Å². The topological polar surface area (TPSA) is 92.4 Å². The minimum absolute atomic E-state index is 0.113. The van der Waals surface area contributed by atoms with Gasteiger partial charge >= 0.3 is 5.97 Å². The first-order valence-corrected chi connectivity index (χ1v) is 6.24. The number of unbranched alkanes of at least 4 members (excludes halogenated alkanes) is 2. The summed E-state index contributed by atoms with van der Waals surface area (Å²) in [5, 5.41) is 11.2. The van der Waals surface area contributed by atoms with Crippen LogP contribution in [0.3, 0.4) is 0 Å². The van der Waals surface area contributed by atoms with Crippen molar-refractivity contribution in [3.8, 4) is 0 Å². The lowest BCUT2D eigenvalue weighted by atomic mass is 9.99. The van der Waals surface area contributed by atoms with E-state index in [1.54, 1.807) is 0 Å². The maximum absolute atomic E-state index is 11.6. The number of hydrogen-bond acceptors (Lipinski definition) is 3. The Hall–Kier alpha value is -1.10. The predicted molar refractivity (Wildman–Crippen MR) is 66.5 cm³/mol. The van der Waals surface area contributed by atoms with Crippen LogP contribution in [0.4, 0.5) is 0 Å². The molecule has 0 bridgehead atoms. The smallest absolute Gasteiger partial charge is 0.303 e. The van der Waals surface area contributed by atoms with E-state index in [0.29, 0.717) is 13.0 Å². The molecule has 100 valence electrons. The van der Waals surface area contributed by atoms with Crippen LogP contribution in [0.15, 0.2) is 0 Å². The first-order chi connectivity index (χ1) is 7.99. The van der Waals surface area contributed by atoms with E-state index in [1.807, 2.05) is 13.8 Å². The van der Waals surface area contributed by atoms with Crippen LogP contribution < -0.4 is 11.1 Å². The molecular formula is C12H24N2O3. The predicted octanol–water partition coefficient (Wildman–Crippen LogP) is 1.12. The van der Waals surface area contributed by atoms with Crippen molar-refractivity contribution >= 4 is 11.9 Å². The van der Waals surface area contributed by atoms with Gasteiger partial charge in [-0.3, -0.25) is 9.59 Å². The van der Waals surface area contributed by atoms with Gasteiger partial charge in [-0.1, -0.05) is 26.7 Å². The van der Waals surface area contributed by atoms with E-state index in [9.17, 15) is 9.59 Å². The minimum Gasteiger partial charge on any atom is -0.481 e. The number of carboxylic acid groups (broad SMARTS) is 1. The van der Waals surface area contributed by atoms with Crippen molar-refractivity contribution in [2.45, 2.75) is 52.0 Å². The summed E-state index contributed by atoms with van der Waals surface area (Å²) in [6.07, 6.45) is 3.34. The van der Waals surface area contributed by atoms with E-state index in [1.165, 1.54) is 0 Å². The number of hydrogen-bond donors (Lipinski definition) is 3. The molecule has 0 aliphatic heterocycles. The van der Waals surface area contributed by atoms with Crippen LogP contribution in [0, 0.1) is 5.92 Å². The molecular weight excluding hydrogens is 220 g/mol. The molecule has 1 amide bonds. The highest BCUT2D eigenvalue weighted by Gasteiger charge is 2.18. The van der Waals surface area contributed by atoms with Gasteiger partial charge in [0.05, 0.1) is 6.04 Å². The van der Waals surface area contributed by atoms with Crippen LogP contribution in [0.25, 0.3) is 0 Å². The molecule has 0 radical (unpaired) electrons. The van der Waals surface area contributed by atoms with Gasteiger partial charge in [0.25, 0.3) is 0 Å². The highest BCUT2D eigenvalue weighted by atomic mass is 16.4. The quantitative estimate of drug-likeness (QED) is 0.530. The highest BCUT2D eigenvalue weighted by Crippen LogP contribution is 2.05. The van der Waals surface area contributed by atoms with E-state index >= 15 is 0 Å². The zero-order chi connectivity index (χ0) is 13.3. The van der Waals surface area contributed by atoms with Gasteiger partial charge in [-0.05, 0) is 18.8 Å². The Bertz CT molecular complexity index is 244. The monoisotopic (exact) mass is 244 g/mol. The van der Waals surface area contributed by atoms with E-state index < -0.39 is 12.0 Å². The number of nitrogens with two attached hydrogens (primary N) is 1. The second-order valence-electron chi connectivity index (χ2n) is 4.41. The van der Waals surface area contributed by atoms with Crippen LogP contribution >= 0.6 is 0 Å². The standard InChI is InChI=1S/C12H24N2O3/c1-3-9(2)11(13)12(17)14-8-6-4-5-7-10(15)16/h9,11H,3-8,13H2,1-2H3,(H,14,17)(H,15,16). The molecule has 0 saturated heterocycles. The molecule has 5 heteroatoms. The Morgan fingerprint density at radius 3 is 2.47 bits per heavy atom. The summed E-state index contributed by atoms with van der Waals surface area (Å²) >= 11 is 0. The lowest BCUT2D eigenvalue weighted by Gasteiger charge is -2.17. The van der Waals surface area contributed by atoms with Crippen LogP contribution in [0.1, 0.15) is 46.0 Å². The lowest BCUT2D eigenvalue weighted by Crippen LogP contribution is -2.44. The summed E-state index contributed by atoms with van der Waals surface area (Å²) in [5.74, 6) is -0.701. The molecule has 0 rings (SSSR count). The molecule has 0 aromatic carbocycles. The zero-order valence-corrected chi connectivity index (χ0v) is 10.7. The van der Waals surface area contributed by atoms with Crippen LogP contribution in [0.5, 0.6) is 0 Å². The Labute approximate surface area is 103 Å². The lowest BCUT2D eigenvalue weighted by molar-refractivity contribution is -0.137. The minimum atomic E-state index is -0.771. The summed E-state index contributed by atoms with van der Waals surface area (Å²) in [5.41, 5.74) is 5.76. The van der Waals surface area contributed by atoms with Crippen LogP contribution in [0.2, 0.25) is 0 Å². The molecule has 2 unspecified atom stereocenters. The average molecular weight is 244 g/mol. The molecule has 0 spiro atoms. The van der Waals surface area contributed by atoms with E-state index in [2.05, 4.69) is 5.32 Å². The van der Waals surface area contributed by atoms with E-state index in [4.69, 9.17) is 10.8 Å². The molecule has 0 aliphatic carbocycles. The van der Waals surface area contributed by atoms with Crippen molar-refractivity contribution in [3.63, 3.8) is 0 Å². The van der Waals surface area contributed by atoms with Gasteiger partial charge < -0.3 is 16.2 Å². The molecule has 0 heterocycles. The third-order valence-corrected chi connectivity index (χ3v) is 2.93. The van der Waals surface area contributed by atoms with Gasteiger partial charge in [-0.15, -0.1) is 0 Å². The SMILES string of the molecule is CCC(C)C(N)C(=O)NCCCCCC(=O)O. The summed E-state index contributed by atoms with van der Waals surface area (Å²) < 4.78 is 0. The number of nitrogens with one attached hydrogen (secondary N) is 1. The van der Waals surface area contributed by atoms with Crippen molar-refractivity contribution < 1.29 is 14.7 Å². The number of carbonyl (C=O) groups is 2. The normalized spacial score (nSPS) is 14.1. The van der Waals surface area contributed by atoms with Crippen molar-refractivity contribution in [2.24, 2.45) is 11.7 Å². The maximum atomic E-state index is 11.6. The summed E-state index contributed by atoms with van der Waals surface area (Å²) in [4.78, 5) is 21.8. The second-order valence-corrected chi connectivity index (χ2v) is 4.41. The number of amides is 1. The number of carbonyl (C=O) groups excluding carboxylic acids is 1. The number of aliphatic carboxylic acids is 1. The highest BCUT2D eigenvalue weighted by molar-refractivity contribution is 5.81. The molecule has 0 saturated carbocycles. The first-order valence-electron chi connectivity index (χ1n) is 6.24. The molecule has 0 fully saturated rings. The molecule has 0 aromatic heterocycles. The fourth-order valence-corrected chi connectivity index (χ4v) is 1.42. The molecule has 17 heavy (non-hydrogen) atoms. The summed E-state index contributed by atoms with van der Waals surface area (Å²) in [6, 6.07) is -0.445. The summed E-state index contributed by atoms with van der Waals surface area (Å²) in [7, 11) is 0. The van der Waals surface area contributed by atoms with Crippen molar-refractivity contribution in [1.82, 2.24) is 5.32 Å². The molecule has 0 aliphatic rings. The van der Waals surface area contributed by atoms with Gasteiger partial charge in [-0.25, -0.2) is 0 Å². The van der Waals surface area contributed by atoms with Gasteiger partial charge in [-0.2, -0.15) is 0 Å². The third kappa shape index (κ3) is 7.74. The third-order valence-electron chi connectivity index (χ3n) is 2.93. The van der Waals surface area contributed by atoms with E-state index in [0.717, 1.165) is 19.3 Å². The van der Waals surface area contributed by atoms with Crippen LogP contribution in [-0.4, -0.2) is 29.6 Å². The number of rotatable bonds is 9. The van der Waals surface area contributed by atoms with Gasteiger partial charge in [0.1, 0.15) is 0 Å². The van der Waals surface area contributed by atoms with Crippen molar-refractivity contribution in [3.05, 3.63) is 0 Å². The maximum Gasteiger partial charge on any atom is 0.303 e. The average Bonchev–Trinajstić information content (AvgIpc) is 2.30. The Balaban J connectivity index is 3.54.